The molecular formula is C21H25N3O2. The van der Waals surface area contributed by atoms with Crippen molar-refractivity contribution in [2.75, 3.05) is 5.32 Å². The number of benzene rings is 1. The van der Waals surface area contributed by atoms with Gasteiger partial charge in [0.25, 0.3) is 11.8 Å². The number of nitrogens with zero attached hydrogens (tertiary/aromatic N) is 1. The molecule has 26 heavy (non-hydrogen) atoms. The quantitative estimate of drug-likeness (QED) is 0.874. The molecular weight excluding hydrogens is 326 g/mol. The van der Waals surface area contributed by atoms with Gasteiger partial charge in [0.2, 0.25) is 0 Å². The zero-order valence-electron chi connectivity index (χ0n) is 15.3. The van der Waals surface area contributed by atoms with E-state index in [2.05, 4.69) is 15.6 Å². The summed E-state index contributed by atoms with van der Waals surface area (Å²) in [5.74, 6) is -0.449. The number of hydrogen-bond acceptors (Lipinski definition) is 3. The van der Waals surface area contributed by atoms with Crippen molar-refractivity contribution in [3.8, 4) is 0 Å². The van der Waals surface area contributed by atoms with Crippen LogP contribution in [0.2, 0.25) is 0 Å². The van der Waals surface area contributed by atoms with Crippen LogP contribution >= 0.6 is 0 Å². The molecule has 2 amide bonds. The van der Waals surface area contributed by atoms with Gasteiger partial charge < -0.3 is 10.6 Å². The second-order valence-corrected chi connectivity index (χ2v) is 6.96. The van der Waals surface area contributed by atoms with Crippen LogP contribution in [0.5, 0.6) is 0 Å². The number of carbonyl (C=O) groups is 2. The van der Waals surface area contributed by atoms with Gasteiger partial charge >= 0.3 is 0 Å². The summed E-state index contributed by atoms with van der Waals surface area (Å²) in [6.45, 7) is 3.90. The van der Waals surface area contributed by atoms with Gasteiger partial charge in [-0.3, -0.25) is 14.6 Å². The minimum absolute atomic E-state index is 0.138. The zero-order chi connectivity index (χ0) is 18.5. The predicted molar refractivity (Wildman–Crippen MR) is 102 cm³/mol. The predicted octanol–water partition coefficient (Wildman–Crippen LogP) is 4.01. The molecule has 0 radical (unpaired) electrons. The summed E-state index contributed by atoms with van der Waals surface area (Å²) in [7, 11) is 0. The van der Waals surface area contributed by atoms with Gasteiger partial charge in [-0.2, -0.15) is 0 Å². The molecule has 2 N–H and O–H groups in total. The number of nitrogens with one attached hydrogen (secondary N) is 2. The van der Waals surface area contributed by atoms with E-state index in [4.69, 9.17) is 0 Å². The Kier molecular flexibility index (Phi) is 5.66. The van der Waals surface area contributed by atoms with E-state index < -0.39 is 0 Å². The van der Waals surface area contributed by atoms with Crippen LogP contribution in [0.25, 0.3) is 0 Å². The summed E-state index contributed by atoms with van der Waals surface area (Å²) in [4.78, 5) is 29.2. The fraction of sp³-hybridized carbons (Fsp3) is 0.381. The van der Waals surface area contributed by atoms with Gasteiger partial charge in [0, 0.05) is 23.5 Å². The lowest BCUT2D eigenvalue weighted by atomic mass is 9.95. The highest BCUT2D eigenvalue weighted by atomic mass is 16.2. The van der Waals surface area contributed by atoms with Crippen LogP contribution in [-0.2, 0) is 0 Å². The van der Waals surface area contributed by atoms with Crippen LogP contribution in [0, 0.1) is 13.8 Å². The van der Waals surface area contributed by atoms with Gasteiger partial charge in [-0.05, 0) is 49.9 Å². The summed E-state index contributed by atoms with van der Waals surface area (Å²) in [5, 5.41) is 5.98. The van der Waals surface area contributed by atoms with Crippen LogP contribution in [0.4, 0.5) is 5.69 Å². The number of aryl methyl sites for hydroxylation is 2. The molecule has 0 unspecified atom stereocenters. The molecule has 0 spiro atoms. The Balaban J connectivity index is 1.72. The number of amides is 2. The Morgan fingerprint density at radius 2 is 1.69 bits per heavy atom. The standard InChI is InChI=1S/C21H25N3O2/c1-14-7-6-8-15(2)19(14)24-21(26)18-13-16(11-12-22-18)20(25)23-17-9-4-3-5-10-17/h6-8,11-13,17H,3-5,9-10H2,1-2H3,(H,23,25)(H,24,26). The molecule has 0 atom stereocenters. The van der Waals surface area contributed by atoms with Crippen molar-refractivity contribution >= 4 is 17.5 Å². The Labute approximate surface area is 154 Å². The van der Waals surface area contributed by atoms with Crippen LogP contribution in [0.15, 0.2) is 36.5 Å². The number of aromatic nitrogens is 1. The minimum atomic E-state index is -0.310. The number of pyridine rings is 1. The van der Waals surface area contributed by atoms with Gasteiger partial charge in [0.05, 0.1) is 0 Å². The Bertz CT molecular complexity index is 790. The maximum absolute atomic E-state index is 12.6. The molecule has 1 aromatic heterocycles. The smallest absolute Gasteiger partial charge is 0.274 e. The molecule has 1 aliphatic rings. The first-order chi connectivity index (χ1) is 12.5. The number of carbonyl (C=O) groups excluding carboxylic acids is 2. The molecule has 3 rings (SSSR count). The van der Waals surface area contributed by atoms with Crippen molar-refractivity contribution in [2.24, 2.45) is 0 Å². The van der Waals surface area contributed by atoms with Crippen LogP contribution in [0.3, 0.4) is 0 Å². The topological polar surface area (TPSA) is 71.1 Å². The van der Waals surface area contributed by atoms with E-state index in [0.717, 1.165) is 42.5 Å². The lowest BCUT2D eigenvalue weighted by Crippen LogP contribution is -2.36. The molecule has 1 saturated carbocycles. The summed E-state index contributed by atoms with van der Waals surface area (Å²) < 4.78 is 0. The molecule has 5 nitrogen and oxygen atoms in total. The molecule has 5 heteroatoms. The first-order valence-electron chi connectivity index (χ1n) is 9.19. The van der Waals surface area contributed by atoms with E-state index in [1.165, 1.54) is 12.6 Å². The minimum Gasteiger partial charge on any atom is -0.349 e. The molecule has 2 aromatic rings. The largest absolute Gasteiger partial charge is 0.349 e. The van der Waals surface area contributed by atoms with Gasteiger partial charge in [-0.25, -0.2) is 0 Å². The maximum atomic E-state index is 12.6. The third kappa shape index (κ3) is 4.28. The molecule has 0 bridgehead atoms. The average Bonchev–Trinajstić information content (AvgIpc) is 2.65. The molecule has 1 fully saturated rings. The normalized spacial score (nSPS) is 14.7. The SMILES string of the molecule is Cc1cccc(C)c1NC(=O)c1cc(C(=O)NC2CCCCC2)ccn1. The third-order valence-corrected chi connectivity index (χ3v) is 4.91. The number of para-hydroxylation sites is 1. The first-order valence-corrected chi connectivity index (χ1v) is 9.19. The van der Waals surface area contributed by atoms with E-state index in [1.54, 1.807) is 12.1 Å². The van der Waals surface area contributed by atoms with Crippen LogP contribution in [-0.4, -0.2) is 22.8 Å². The zero-order valence-corrected chi connectivity index (χ0v) is 15.3. The van der Waals surface area contributed by atoms with Gasteiger partial charge in [-0.15, -0.1) is 0 Å². The first kappa shape index (κ1) is 18.1. The lowest BCUT2D eigenvalue weighted by Gasteiger charge is -2.22. The van der Waals surface area contributed by atoms with Crippen molar-refractivity contribution in [1.29, 1.82) is 0 Å². The van der Waals surface area contributed by atoms with Crippen molar-refractivity contribution in [3.63, 3.8) is 0 Å². The summed E-state index contributed by atoms with van der Waals surface area (Å²) in [6, 6.07) is 9.29. The summed E-state index contributed by atoms with van der Waals surface area (Å²) >= 11 is 0. The molecule has 0 aliphatic heterocycles. The number of hydrogen-bond donors (Lipinski definition) is 2. The van der Waals surface area contributed by atoms with Crippen molar-refractivity contribution < 1.29 is 9.59 Å². The highest BCUT2D eigenvalue weighted by molar-refractivity contribution is 6.05. The highest BCUT2D eigenvalue weighted by Crippen LogP contribution is 2.20. The molecule has 0 saturated heterocycles. The van der Waals surface area contributed by atoms with E-state index in [1.807, 2.05) is 32.0 Å². The summed E-state index contributed by atoms with van der Waals surface area (Å²) in [5.41, 5.74) is 3.48. The number of rotatable bonds is 4. The van der Waals surface area contributed by atoms with Crippen molar-refractivity contribution in [2.45, 2.75) is 52.0 Å². The monoisotopic (exact) mass is 351 g/mol. The average molecular weight is 351 g/mol. The lowest BCUT2D eigenvalue weighted by molar-refractivity contribution is 0.0927. The Morgan fingerprint density at radius 1 is 1.00 bits per heavy atom. The van der Waals surface area contributed by atoms with E-state index in [0.29, 0.717) is 5.56 Å². The molecule has 1 heterocycles. The third-order valence-electron chi connectivity index (χ3n) is 4.91. The second-order valence-electron chi connectivity index (χ2n) is 6.96. The van der Waals surface area contributed by atoms with Crippen LogP contribution in [0.1, 0.15) is 64.1 Å². The van der Waals surface area contributed by atoms with E-state index in [9.17, 15) is 9.59 Å². The summed E-state index contributed by atoms with van der Waals surface area (Å²) in [6.07, 6.45) is 7.11. The fourth-order valence-corrected chi connectivity index (χ4v) is 3.40. The maximum Gasteiger partial charge on any atom is 0.274 e. The second kappa shape index (κ2) is 8.13. The van der Waals surface area contributed by atoms with Gasteiger partial charge in [-0.1, -0.05) is 37.5 Å². The molecule has 1 aliphatic carbocycles. The van der Waals surface area contributed by atoms with E-state index >= 15 is 0 Å². The highest BCUT2D eigenvalue weighted by Gasteiger charge is 2.18. The van der Waals surface area contributed by atoms with Crippen molar-refractivity contribution in [1.82, 2.24) is 10.3 Å². The van der Waals surface area contributed by atoms with Crippen LogP contribution < -0.4 is 10.6 Å². The number of anilines is 1. The van der Waals surface area contributed by atoms with Gasteiger partial charge in [0.15, 0.2) is 0 Å². The molecule has 136 valence electrons. The fourth-order valence-electron chi connectivity index (χ4n) is 3.40. The van der Waals surface area contributed by atoms with Gasteiger partial charge in [0.1, 0.15) is 5.69 Å². The Hall–Kier alpha value is -2.69. The van der Waals surface area contributed by atoms with Crippen molar-refractivity contribution in [3.05, 3.63) is 58.9 Å². The molecule has 1 aromatic carbocycles. The van der Waals surface area contributed by atoms with E-state index in [-0.39, 0.29) is 23.6 Å². The Morgan fingerprint density at radius 3 is 2.38 bits per heavy atom.